The number of likely N-dealkylation sites (tertiary alicyclic amines) is 1. The average molecular weight is 314 g/mol. The Morgan fingerprint density at radius 3 is 2.52 bits per heavy atom. The van der Waals surface area contributed by atoms with Crippen LogP contribution in [0.25, 0.3) is 0 Å². The molecule has 2 heterocycles. The third kappa shape index (κ3) is 2.80. The van der Waals surface area contributed by atoms with Crippen LogP contribution in [0.4, 0.5) is 0 Å². The van der Waals surface area contributed by atoms with Crippen molar-refractivity contribution in [3.8, 4) is 0 Å². The van der Waals surface area contributed by atoms with Gasteiger partial charge in [-0.1, -0.05) is 0 Å². The molecule has 2 amide bonds. The Kier molecular flexibility index (Phi) is 3.71. The molecule has 6 nitrogen and oxygen atoms in total. The number of hydrogen-bond acceptors (Lipinski definition) is 4. The summed E-state index contributed by atoms with van der Waals surface area (Å²) in [7, 11) is -1.33. The normalized spacial score (nSPS) is 32.2. The van der Waals surface area contributed by atoms with E-state index in [-0.39, 0.29) is 41.7 Å². The van der Waals surface area contributed by atoms with E-state index in [1.807, 2.05) is 4.90 Å². The highest BCUT2D eigenvalue weighted by atomic mass is 32.2. The third-order valence-corrected chi connectivity index (χ3v) is 6.88. The molecule has 0 spiro atoms. The Morgan fingerprint density at radius 2 is 2.00 bits per heavy atom. The zero-order valence-electron chi connectivity index (χ0n) is 12.3. The fourth-order valence-electron chi connectivity index (χ4n) is 3.50. The lowest BCUT2D eigenvalue weighted by Gasteiger charge is -2.35. The van der Waals surface area contributed by atoms with Gasteiger partial charge in [0.15, 0.2) is 9.84 Å². The monoisotopic (exact) mass is 314 g/mol. The van der Waals surface area contributed by atoms with Crippen molar-refractivity contribution in [1.82, 2.24) is 9.80 Å². The van der Waals surface area contributed by atoms with Crippen molar-refractivity contribution < 1.29 is 18.0 Å². The zero-order chi connectivity index (χ0) is 15.2. The molecule has 1 saturated carbocycles. The van der Waals surface area contributed by atoms with E-state index in [0.29, 0.717) is 19.0 Å². The maximum absolute atomic E-state index is 12.5. The summed E-state index contributed by atoms with van der Waals surface area (Å²) in [6, 6.07) is 0.0998. The molecule has 0 aromatic carbocycles. The maximum Gasteiger partial charge on any atom is 0.228 e. The van der Waals surface area contributed by atoms with Crippen molar-refractivity contribution in [2.75, 3.05) is 25.1 Å². The molecule has 0 aromatic rings. The Labute approximate surface area is 125 Å². The van der Waals surface area contributed by atoms with Crippen LogP contribution in [0.1, 0.15) is 32.1 Å². The number of amides is 2. The van der Waals surface area contributed by atoms with Crippen LogP contribution in [0.3, 0.4) is 0 Å². The first-order valence-electron chi connectivity index (χ1n) is 7.64. The van der Waals surface area contributed by atoms with E-state index < -0.39 is 9.84 Å². The van der Waals surface area contributed by atoms with Crippen molar-refractivity contribution in [2.24, 2.45) is 5.92 Å². The maximum atomic E-state index is 12.5. The molecular formula is C14H22N2O4S. The van der Waals surface area contributed by atoms with E-state index in [4.69, 9.17) is 0 Å². The van der Waals surface area contributed by atoms with Gasteiger partial charge in [-0.3, -0.25) is 9.59 Å². The summed E-state index contributed by atoms with van der Waals surface area (Å²) < 4.78 is 23.1. The van der Waals surface area contributed by atoms with E-state index >= 15 is 0 Å². The quantitative estimate of drug-likeness (QED) is 0.737. The molecule has 1 aliphatic carbocycles. The van der Waals surface area contributed by atoms with Crippen LogP contribution in [0, 0.1) is 5.92 Å². The predicted molar refractivity (Wildman–Crippen MR) is 77.3 cm³/mol. The summed E-state index contributed by atoms with van der Waals surface area (Å²) in [5.74, 6) is -0.0841. The Morgan fingerprint density at radius 1 is 1.29 bits per heavy atom. The molecule has 0 radical (unpaired) electrons. The van der Waals surface area contributed by atoms with Gasteiger partial charge in [-0.05, 0) is 25.7 Å². The van der Waals surface area contributed by atoms with Crippen molar-refractivity contribution >= 4 is 21.7 Å². The molecule has 21 heavy (non-hydrogen) atoms. The molecule has 3 rings (SSSR count). The lowest BCUT2D eigenvalue weighted by molar-refractivity contribution is -0.136. The third-order valence-electron chi connectivity index (χ3n) is 5.13. The summed E-state index contributed by atoms with van der Waals surface area (Å²) in [4.78, 5) is 28.0. The summed E-state index contributed by atoms with van der Waals surface area (Å²) in [5, 5.41) is 0. The average Bonchev–Trinajstić information content (AvgIpc) is 2.90. The lowest BCUT2D eigenvalue weighted by atomic mass is 9.92. The topological polar surface area (TPSA) is 74.8 Å². The van der Waals surface area contributed by atoms with Crippen LogP contribution in [-0.2, 0) is 19.4 Å². The summed E-state index contributed by atoms with van der Waals surface area (Å²) in [6.45, 7) is 0.506. The zero-order valence-corrected chi connectivity index (χ0v) is 13.1. The predicted octanol–water partition coefficient (Wildman–Crippen LogP) is 0.0329. The molecule has 0 N–H and O–H groups in total. The SMILES string of the molecule is CN(C(=O)C1CC(=O)N(C2CCC2)C1)C1CCS(=O)(=O)C1. The van der Waals surface area contributed by atoms with Gasteiger partial charge in [0, 0.05) is 32.1 Å². The van der Waals surface area contributed by atoms with Crippen LogP contribution in [0.5, 0.6) is 0 Å². The Bertz CT molecular complexity index is 555. The summed E-state index contributed by atoms with van der Waals surface area (Å²) >= 11 is 0. The highest BCUT2D eigenvalue weighted by Gasteiger charge is 2.42. The van der Waals surface area contributed by atoms with Crippen LogP contribution in [0.15, 0.2) is 0 Å². The smallest absolute Gasteiger partial charge is 0.228 e. The van der Waals surface area contributed by atoms with Gasteiger partial charge >= 0.3 is 0 Å². The fourth-order valence-corrected chi connectivity index (χ4v) is 5.27. The second-order valence-corrected chi connectivity index (χ2v) is 8.77. The summed E-state index contributed by atoms with van der Waals surface area (Å²) in [6.07, 6.45) is 4.04. The largest absolute Gasteiger partial charge is 0.341 e. The van der Waals surface area contributed by atoms with Gasteiger partial charge in [-0.2, -0.15) is 0 Å². The molecule has 2 saturated heterocycles. The lowest BCUT2D eigenvalue weighted by Crippen LogP contribution is -2.44. The highest BCUT2D eigenvalue weighted by Crippen LogP contribution is 2.31. The van der Waals surface area contributed by atoms with E-state index in [0.717, 1.165) is 19.3 Å². The molecule has 7 heteroatoms. The van der Waals surface area contributed by atoms with E-state index in [1.54, 1.807) is 11.9 Å². The molecule has 0 bridgehead atoms. The van der Waals surface area contributed by atoms with Crippen LogP contribution in [0.2, 0.25) is 0 Å². The first-order chi connectivity index (χ1) is 9.87. The van der Waals surface area contributed by atoms with Crippen molar-refractivity contribution in [3.63, 3.8) is 0 Å². The van der Waals surface area contributed by atoms with Gasteiger partial charge in [0.1, 0.15) is 0 Å². The number of rotatable bonds is 3. The number of sulfone groups is 1. The number of nitrogens with zero attached hydrogens (tertiary/aromatic N) is 2. The van der Waals surface area contributed by atoms with E-state index in [1.165, 1.54) is 0 Å². The van der Waals surface area contributed by atoms with E-state index in [2.05, 4.69) is 0 Å². The first kappa shape index (κ1) is 14.8. The number of carbonyl (C=O) groups is 2. The second kappa shape index (κ2) is 5.26. The van der Waals surface area contributed by atoms with Crippen LogP contribution >= 0.6 is 0 Å². The minimum absolute atomic E-state index is 0.0578. The van der Waals surface area contributed by atoms with Gasteiger partial charge in [0.2, 0.25) is 11.8 Å². The molecule has 2 unspecified atom stereocenters. The van der Waals surface area contributed by atoms with E-state index in [9.17, 15) is 18.0 Å². The molecule has 118 valence electrons. The van der Waals surface area contributed by atoms with Gasteiger partial charge in [-0.15, -0.1) is 0 Å². The molecular weight excluding hydrogens is 292 g/mol. The molecule has 3 aliphatic rings. The fraction of sp³-hybridized carbons (Fsp3) is 0.857. The second-order valence-electron chi connectivity index (χ2n) is 6.54. The highest BCUT2D eigenvalue weighted by molar-refractivity contribution is 7.91. The minimum Gasteiger partial charge on any atom is -0.341 e. The van der Waals surface area contributed by atoms with Crippen molar-refractivity contribution in [2.45, 2.75) is 44.2 Å². The molecule has 0 aromatic heterocycles. The van der Waals surface area contributed by atoms with Gasteiger partial charge in [-0.25, -0.2) is 8.42 Å². The van der Waals surface area contributed by atoms with Gasteiger partial charge in [0.05, 0.1) is 17.4 Å². The first-order valence-corrected chi connectivity index (χ1v) is 9.46. The van der Waals surface area contributed by atoms with Crippen LogP contribution in [-0.4, -0.2) is 67.2 Å². The van der Waals surface area contributed by atoms with Crippen molar-refractivity contribution in [1.29, 1.82) is 0 Å². The minimum atomic E-state index is -3.00. The standard InChI is InChI=1S/C14H22N2O4S/c1-15(12-5-6-21(19,20)9-12)14(18)10-7-13(17)16(8-10)11-3-2-4-11/h10-12H,2-9H2,1H3. The number of carbonyl (C=O) groups excluding carboxylic acids is 2. The number of hydrogen-bond donors (Lipinski definition) is 0. The van der Waals surface area contributed by atoms with Gasteiger partial charge < -0.3 is 9.80 Å². The van der Waals surface area contributed by atoms with Crippen molar-refractivity contribution in [3.05, 3.63) is 0 Å². The molecule has 2 aliphatic heterocycles. The Balaban J connectivity index is 1.62. The summed E-state index contributed by atoms with van der Waals surface area (Å²) in [5.41, 5.74) is 0. The van der Waals surface area contributed by atoms with Crippen LogP contribution < -0.4 is 0 Å². The van der Waals surface area contributed by atoms with Gasteiger partial charge in [0.25, 0.3) is 0 Å². The molecule has 2 atom stereocenters. The Hall–Kier alpha value is -1.11. The molecule has 3 fully saturated rings.